The summed E-state index contributed by atoms with van der Waals surface area (Å²) in [5, 5.41) is 4.06. The van der Waals surface area contributed by atoms with Crippen molar-refractivity contribution >= 4 is 11.9 Å². The predicted octanol–water partition coefficient (Wildman–Crippen LogP) is 1.67. The first-order chi connectivity index (χ1) is 11.2. The minimum Gasteiger partial charge on any atom is -0.464 e. The summed E-state index contributed by atoms with van der Waals surface area (Å²) in [4.78, 5) is 23.3. The number of esters is 2. The van der Waals surface area contributed by atoms with Gasteiger partial charge in [-0.05, 0) is 5.56 Å². The Morgan fingerprint density at radius 2 is 1.78 bits per heavy atom. The molecule has 0 amide bonds. The van der Waals surface area contributed by atoms with Gasteiger partial charge in [0.25, 0.3) is 0 Å². The summed E-state index contributed by atoms with van der Waals surface area (Å²) < 4.78 is 16.2. The standard InChI is InChI=1S/C16H18N2O5/c1-21-15(19)13-10-14(16(20)22-2)18(17-13)8-9-23-11-12-6-4-3-5-7-12/h3-7,10H,8-9,11H2,1-2H3. The molecule has 1 heterocycles. The lowest BCUT2D eigenvalue weighted by Gasteiger charge is -2.07. The van der Waals surface area contributed by atoms with E-state index in [1.54, 1.807) is 0 Å². The van der Waals surface area contributed by atoms with Gasteiger partial charge in [-0.15, -0.1) is 0 Å². The van der Waals surface area contributed by atoms with Gasteiger partial charge in [-0.1, -0.05) is 30.3 Å². The van der Waals surface area contributed by atoms with E-state index < -0.39 is 11.9 Å². The highest BCUT2D eigenvalue weighted by molar-refractivity contribution is 5.93. The molecule has 0 saturated heterocycles. The minimum atomic E-state index is -0.612. The number of hydrogen-bond acceptors (Lipinski definition) is 6. The molecule has 1 aromatic carbocycles. The van der Waals surface area contributed by atoms with E-state index in [2.05, 4.69) is 14.6 Å². The van der Waals surface area contributed by atoms with Gasteiger partial charge >= 0.3 is 11.9 Å². The van der Waals surface area contributed by atoms with Crippen LogP contribution in [-0.2, 0) is 27.4 Å². The molecular weight excluding hydrogens is 300 g/mol. The largest absolute Gasteiger partial charge is 0.464 e. The van der Waals surface area contributed by atoms with E-state index in [0.29, 0.717) is 19.8 Å². The van der Waals surface area contributed by atoms with Crippen molar-refractivity contribution in [1.29, 1.82) is 0 Å². The predicted molar refractivity (Wildman–Crippen MR) is 81.0 cm³/mol. The molecular formula is C16H18N2O5. The summed E-state index contributed by atoms with van der Waals surface area (Å²) in [5.41, 5.74) is 1.28. The molecule has 0 aliphatic heterocycles. The fraction of sp³-hybridized carbons (Fsp3) is 0.312. The SMILES string of the molecule is COC(=O)c1cc(C(=O)OC)n(CCOCc2ccccc2)n1. The second-order valence-electron chi connectivity index (χ2n) is 4.66. The topological polar surface area (TPSA) is 79.7 Å². The Kier molecular flexibility index (Phi) is 5.87. The number of nitrogens with zero attached hydrogens (tertiary/aromatic N) is 2. The summed E-state index contributed by atoms with van der Waals surface area (Å²) in [6.45, 7) is 1.11. The normalized spacial score (nSPS) is 10.3. The minimum absolute atomic E-state index is 0.0518. The molecule has 2 rings (SSSR count). The first kappa shape index (κ1) is 16.7. The van der Waals surface area contributed by atoms with Crippen molar-refractivity contribution in [3.05, 3.63) is 53.3 Å². The average molecular weight is 318 g/mol. The van der Waals surface area contributed by atoms with E-state index in [-0.39, 0.29) is 11.4 Å². The first-order valence-corrected chi connectivity index (χ1v) is 7.02. The zero-order chi connectivity index (χ0) is 16.7. The van der Waals surface area contributed by atoms with E-state index in [1.807, 2.05) is 30.3 Å². The zero-order valence-electron chi connectivity index (χ0n) is 13.0. The summed E-state index contributed by atoms with van der Waals surface area (Å²) in [7, 11) is 2.52. The molecule has 0 radical (unpaired) electrons. The van der Waals surface area contributed by atoms with Gasteiger partial charge in [-0.2, -0.15) is 5.10 Å². The van der Waals surface area contributed by atoms with Gasteiger partial charge in [0.1, 0.15) is 5.69 Å². The maximum absolute atomic E-state index is 11.7. The summed E-state index contributed by atoms with van der Waals surface area (Å²) in [6, 6.07) is 11.1. The molecule has 1 aromatic heterocycles. The molecule has 2 aromatic rings. The summed E-state index contributed by atoms with van der Waals surface area (Å²) >= 11 is 0. The molecule has 0 atom stereocenters. The molecule has 7 nitrogen and oxygen atoms in total. The van der Waals surface area contributed by atoms with Crippen molar-refractivity contribution < 1.29 is 23.8 Å². The third kappa shape index (κ3) is 4.40. The zero-order valence-corrected chi connectivity index (χ0v) is 13.0. The van der Waals surface area contributed by atoms with E-state index >= 15 is 0 Å². The van der Waals surface area contributed by atoms with E-state index in [4.69, 9.17) is 4.74 Å². The van der Waals surface area contributed by atoms with Crippen LogP contribution in [0.2, 0.25) is 0 Å². The van der Waals surface area contributed by atoms with Crippen LogP contribution >= 0.6 is 0 Å². The van der Waals surface area contributed by atoms with Crippen molar-refractivity contribution in [3.8, 4) is 0 Å². The Labute approximate surface area is 133 Å². The third-order valence-corrected chi connectivity index (χ3v) is 3.13. The third-order valence-electron chi connectivity index (χ3n) is 3.13. The lowest BCUT2D eigenvalue weighted by molar-refractivity contribution is 0.0573. The lowest BCUT2D eigenvalue weighted by Crippen LogP contribution is -2.15. The number of rotatable bonds is 7. The van der Waals surface area contributed by atoms with Crippen LogP contribution in [0.1, 0.15) is 26.5 Å². The Morgan fingerprint density at radius 3 is 2.43 bits per heavy atom. The van der Waals surface area contributed by atoms with Gasteiger partial charge in [0.15, 0.2) is 5.69 Å². The summed E-state index contributed by atoms with van der Waals surface area (Å²) in [6.07, 6.45) is 0. The van der Waals surface area contributed by atoms with Gasteiger partial charge in [-0.3, -0.25) is 4.68 Å². The molecule has 0 fully saturated rings. The fourth-order valence-corrected chi connectivity index (χ4v) is 1.98. The van der Waals surface area contributed by atoms with Crippen molar-refractivity contribution in [2.45, 2.75) is 13.2 Å². The van der Waals surface area contributed by atoms with Crippen molar-refractivity contribution in [2.75, 3.05) is 20.8 Å². The highest BCUT2D eigenvalue weighted by Crippen LogP contribution is 2.08. The van der Waals surface area contributed by atoms with Gasteiger partial charge < -0.3 is 14.2 Å². The molecule has 23 heavy (non-hydrogen) atoms. The molecule has 0 saturated carbocycles. The van der Waals surface area contributed by atoms with Gasteiger partial charge in [-0.25, -0.2) is 9.59 Å². The number of ether oxygens (including phenoxy) is 3. The Hall–Kier alpha value is -2.67. The second kappa shape index (κ2) is 8.09. The Balaban J connectivity index is 1.98. The first-order valence-electron chi connectivity index (χ1n) is 7.02. The molecule has 0 spiro atoms. The van der Waals surface area contributed by atoms with Crippen LogP contribution in [0, 0.1) is 0 Å². The Bertz CT molecular complexity index is 666. The second-order valence-corrected chi connectivity index (χ2v) is 4.66. The fourth-order valence-electron chi connectivity index (χ4n) is 1.98. The number of aromatic nitrogens is 2. The van der Waals surface area contributed by atoms with Crippen molar-refractivity contribution in [1.82, 2.24) is 9.78 Å². The smallest absolute Gasteiger partial charge is 0.358 e. The van der Waals surface area contributed by atoms with Crippen LogP contribution < -0.4 is 0 Å². The average Bonchev–Trinajstić information content (AvgIpc) is 3.02. The van der Waals surface area contributed by atoms with E-state index in [1.165, 1.54) is 25.0 Å². The van der Waals surface area contributed by atoms with E-state index in [0.717, 1.165) is 5.56 Å². The van der Waals surface area contributed by atoms with Gasteiger partial charge in [0, 0.05) is 6.07 Å². The van der Waals surface area contributed by atoms with Crippen LogP contribution in [0.5, 0.6) is 0 Å². The monoisotopic (exact) mass is 318 g/mol. The Morgan fingerprint density at radius 1 is 1.09 bits per heavy atom. The highest BCUT2D eigenvalue weighted by atomic mass is 16.5. The van der Waals surface area contributed by atoms with Crippen LogP contribution in [0.4, 0.5) is 0 Å². The maximum Gasteiger partial charge on any atom is 0.358 e. The molecule has 122 valence electrons. The number of carbonyl (C=O) groups is 2. The molecule has 0 aliphatic rings. The molecule has 0 bridgehead atoms. The van der Waals surface area contributed by atoms with Crippen LogP contribution in [0.3, 0.4) is 0 Å². The van der Waals surface area contributed by atoms with E-state index in [9.17, 15) is 9.59 Å². The van der Waals surface area contributed by atoms with Gasteiger partial charge in [0.05, 0.1) is 34.0 Å². The lowest BCUT2D eigenvalue weighted by atomic mass is 10.2. The number of benzene rings is 1. The van der Waals surface area contributed by atoms with Crippen molar-refractivity contribution in [3.63, 3.8) is 0 Å². The van der Waals surface area contributed by atoms with Crippen LogP contribution in [-0.4, -0.2) is 42.5 Å². The molecule has 0 unspecified atom stereocenters. The van der Waals surface area contributed by atoms with Crippen LogP contribution in [0.25, 0.3) is 0 Å². The quantitative estimate of drug-likeness (QED) is 0.571. The highest BCUT2D eigenvalue weighted by Gasteiger charge is 2.19. The van der Waals surface area contributed by atoms with Gasteiger partial charge in [0.2, 0.25) is 0 Å². The molecule has 0 aliphatic carbocycles. The molecule has 0 N–H and O–H groups in total. The number of hydrogen-bond donors (Lipinski definition) is 0. The van der Waals surface area contributed by atoms with Crippen LogP contribution in [0.15, 0.2) is 36.4 Å². The van der Waals surface area contributed by atoms with Crippen molar-refractivity contribution in [2.24, 2.45) is 0 Å². The summed E-state index contributed by atoms with van der Waals surface area (Å²) in [5.74, 6) is -1.19. The number of carbonyl (C=O) groups excluding carboxylic acids is 2. The molecule has 7 heteroatoms. The number of methoxy groups -OCH3 is 2. The maximum atomic E-state index is 11.7.